The second kappa shape index (κ2) is 4.92. The third kappa shape index (κ3) is 2.65. The van der Waals surface area contributed by atoms with Crippen LogP contribution in [0.1, 0.15) is 45.5 Å². The van der Waals surface area contributed by atoms with E-state index >= 15 is 0 Å². The Kier molecular flexibility index (Phi) is 3.45. The van der Waals surface area contributed by atoms with E-state index in [4.69, 9.17) is 33.9 Å². The third-order valence-corrected chi connectivity index (χ3v) is 4.28. The van der Waals surface area contributed by atoms with Gasteiger partial charge in [-0.05, 0) is 31.0 Å². The number of anilines is 1. The van der Waals surface area contributed by atoms with Gasteiger partial charge in [0.1, 0.15) is 17.3 Å². The smallest absolute Gasteiger partial charge is 0.132 e. The molecule has 1 aliphatic rings. The lowest BCUT2D eigenvalue weighted by Crippen LogP contribution is -2.19. The van der Waals surface area contributed by atoms with E-state index in [0.717, 1.165) is 29.9 Å². The summed E-state index contributed by atoms with van der Waals surface area (Å²) in [5.74, 6) is 1.69. The molecule has 21 heavy (non-hydrogen) atoms. The zero-order valence-electron chi connectivity index (χ0n) is 12.5. The van der Waals surface area contributed by atoms with Crippen molar-refractivity contribution in [1.82, 2.24) is 9.55 Å². The van der Waals surface area contributed by atoms with Gasteiger partial charge in [-0.15, -0.1) is 0 Å². The summed E-state index contributed by atoms with van der Waals surface area (Å²) in [6, 6.07) is 5.85. The number of nitrogens with zero attached hydrogens (tertiary/aromatic N) is 2. The van der Waals surface area contributed by atoms with Gasteiger partial charge < -0.3 is 10.3 Å². The first-order valence-corrected chi connectivity index (χ1v) is 7.88. The fourth-order valence-corrected chi connectivity index (χ4v) is 2.93. The first kappa shape index (κ1) is 14.7. The van der Waals surface area contributed by atoms with E-state index in [2.05, 4.69) is 25.3 Å². The van der Waals surface area contributed by atoms with Crippen molar-refractivity contribution in [3.63, 3.8) is 0 Å². The summed E-state index contributed by atoms with van der Waals surface area (Å²) >= 11 is 12.4. The molecule has 0 spiro atoms. The highest BCUT2D eigenvalue weighted by Crippen LogP contribution is 2.44. The summed E-state index contributed by atoms with van der Waals surface area (Å²) in [6.45, 7) is 6.45. The lowest BCUT2D eigenvalue weighted by molar-refractivity contribution is 0.504. The van der Waals surface area contributed by atoms with E-state index in [0.29, 0.717) is 21.9 Å². The third-order valence-electron chi connectivity index (χ3n) is 3.71. The summed E-state index contributed by atoms with van der Waals surface area (Å²) in [4.78, 5) is 4.81. The molecule has 2 N–H and O–H groups in total. The molecule has 1 aliphatic carbocycles. The van der Waals surface area contributed by atoms with Crippen LogP contribution in [0, 0.1) is 0 Å². The Morgan fingerprint density at radius 1 is 1.24 bits per heavy atom. The van der Waals surface area contributed by atoms with Crippen molar-refractivity contribution in [3.8, 4) is 11.3 Å². The normalized spacial score (nSPS) is 15.5. The molecule has 5 heteroatoms. The predicted molar refractivity (Wildman–Crippen MR) is 89.1 cm³/mol. The van der Waals surface area contributed by atoms with Gasteiger partial charge in [0.05, 0.1) is 5.02 Å². The monoisotopic (exact) mass is 323 g/mol. The van der Waals surface area contributed by atoms with Gasteiger partial charge in [0, 0.05) is 22.0 Å². The molecule has 0 saturated heterocycles. The summed E-state index contributed by atoms with van der Waals surface area (Å²) in [5.41, 5.74) is 7.86. The highest BCUT2D eigenvalue weighted by Gasteiger charge is 2.34. The van der Waals surface area contributed by atoms with Crippen molar-refractivity contribution in [3.05, 3.63) is 34.1 Å². The summed E-state index contributed by atoms with van der Waals surface area (Å²) in [5, 5.41) is 1.25. The lowest BCUT2D eigenvalue weighted by Gasteiger charge is -2.20. The number of rotatable bonds is 2. The van der Waals surface area contributed by atoms with Gasteiger partial charge >= 0.3 is 0 Å². The zero-order valence-corrected chi connectivity index (χ0v) is 14.0. The molecule has 0 unspecified atom stereocenters. The van der Waals surface area contributed by atoms with Crippen LogP contribution in [0.3, 0.4) is 0 Å². The number of aromatic nitrogens is 2. The van der Waals surface area contributed by atoms with Crippen LogP contribution in [0.15, 0.2) is 18.2 Å². The molecule has 0 amide bonds. The van der Waals surface area contributed by atoms with E-state index in [1.165, 1.54) is 0 Å². The van der Waals surface area contributed by atoms with Gasteiger partial charge in [0.25, 0.3) is 0 Å². The van der Waals surface area contributed by atoms with Crippen molar-refractivity contribution < 1.29 is 0 Å². The van der Waals surface area contributed by atoms with Gasteiger partial charge in [0.15, 0.2) is 0 Å². The maximum atomic E-state index is 6.39. The number of nitrogens with two attached hydrogens (primary N) is 1. The Labute approximate surface area is 135 Å². The van der Waals surface area contributed by atoms with Crippen LogP contribution in [-0.4, -0.2) is 9.55 Å². The van der Waals surface area contributed by atoms with Gasteiger partial charge in [-0.1, -0.05) is 44.0 Å². The number of benzene rings is 1. The van der Waals surface area contributed by atoms with Gasteiger partial charge in [-0.3, -0.25) is 0 Å². The molecule has 1 heterocycles. The van der Waals surface area contributed by atoms with E-state index in [1.807, 2.05) is 6.07 Å². The van der Waals surface area contributed by atoms with E-state index in [-0.39, 0.29) is 5.41 Å². The molecule has 1 aromatic carbocycles. The highest BCUT2D eigenvalue weighted by atomic mass is 35.5. The zero-order chi connectivity index (χ0) is 15.4. The number of hydrogen-bond acceptors (Lipinski definition) is 2. The van der Waals surface area contributed by atoms with Gasteiger partial charge in [-0.25, -0.2) is 4.98 Å². The molecule has 3 nitrogen and oxygen atoms in total. The van der Waals surface area contributed by atoms with Crippen LogP contribution >= 0.6 is 23.2 Å². The first-order valence-electron chi connectivity index (χ1n) is 7.12. The molecule has 0 atom stereocenters. The van der Waals surface area contributed by atoms with E-state index < -0.39 is 0 Å². The van der Waals surface area contributed by atoms with Crippen LogP contribution < -0.4 is 5.73 Å². The molecule has 3 rings (SSSR count). The first-order chi connectivity index (χ1) is 9.79. The van der Waals surface area contributed by atoms with Crippen molar-refractivity contribution in [2.75, 3.05) is 5.73 Å². The maximum absolute atomic E-state index is 6.39. The summed E-state index contributed by atoms with van der Waals surface area (Å²) in [7, 11) is 0. The average molecular weight is 324 g/mol. The SMILES string of the molecule is CC(C)(C)c1nc(-c2cc(Cl)ccc2Cl)c(N)n1C1CC1. The second-order valence-electron chi connectivity index (χ2n) is 6.64. The molecular weight excluding hydrogens is 305 g/mol. The van der Waals surface area contributed by atoms with E-state index in [9.17, 15) is 0 Å². The molecule has 0 aliphatic heterocycles. The second-order valence-corrected chi connectivity index (χ2v) is 7.49. The van der Waals surface area contributed by atoms with Gasteiger partial charge in [-0.2, -0.15) is 0 Å². The maximum Gasteiger partial charge on any atom is 0.132 e. The average Bonchev–Trinajstić information content (AvgIpc) is 3.15. The summed E-state index contributed by atoms with van der Waals surface area (Å²) < 4.78 is 2.17. The van der Waals surface area contributed by atoms with Gasteiger partial charge in [0.2, 0.25) is 0 Å². The Morgan fingerprint density at radius 2 is 1.90 bits per heavy atom. The molecule has 1 aromatic heterocycles. The standard InChI is InChI=1S/C16H19Cl2N3/c1-16(2,3)15-20-13(14(19)21(15)10-5-6-10)11-8-9(17)4-7-12(11)18/h4,7-8,10H,5-6,19H2,1-3H3. The molecular formula is C16H19Cl2N3. The quantitative estimate of drug-likeness (QED) is 0.838. The largest absolute Gasteiger partial charge is 0.383 e. The van der Waals surface area contributed by atoms with Crippen molar-refractivity contribution >= 4 is 29.0 Å². The molecule has 0 bridgehead atoms. The van der Waals surface area contributed by atoms with Crippen LogP contribution in [0.4, 0.5) is 5.82 Å². The number of halogens is 2. The minimum absolute atomic E-state index is 0.0694. The minimum atomic E-state index is -0.0694. The van der Waals surface area contributed by atoms with Crippen molar-refractivity contribution in [1.29, 1.82) is 0 Å². The fraction of sp³-hybridized carbons (Fsp3) is 0.438. The number of hydrogen-bond donors (Lipinski definition) is 1. The van der Waals surface area contributed by atoms with Crippen molar-refractivity contribution in [2.24, 2.45) is 0 Å². The number of imidazole rings is 1. The molecule has 1 saturated carbocycles. The molecule has 0 radical (unpaired) electrons. The van der Waals surface area contributed by atoms with E-state index in [1.54, 1.807) is 12.1 Å². The lowest BCUT2D eigenvalue weighted by atomic mass is 9.95. The van der Waals surface area contributed by atoms with Crippen LogP contribution in [-0.2, 0) is 5.41 Å². The Hall–Kier alpha value is -1.19. The van der Waals surface area contributed by atoms with Crippen molar-refractivity contribution in [2.45, 2.75) is 45.1 Å². The molecule has 112 valence electrons. The minimum Gasteiger partial charge on any atom is -0.383 e. The van der Waals surface area contributed by atoms with Crippen LogP contribution in [0.25, 0.3) is 11.3 Å². The van der Waals surface area contributed by atoms with Crippen LogP contribution in [0.5, 0.6) is 0 Å². The molecule has 2 aromatic rings. The Bertz CT molecular complexity index is 694. The van der Waals surface area contributed by atoms with Crippen LogP contribution in [0.2, 0.25) is 10.0 Å². The Morgan fingerprint density at radius 3 is 2.48 bits per heavy atom. The highest BCUT2D eigenvalue weighted by molar-refractivity contribution is 6.35. The predicted octanol–water partition coefficient (Wildman–Crippen LogP) is 5.07. The number of nitrogen functional groups attached to an aromatic ring is 1. The molecule has 1 fully saturated rings. The topological polar surface area (TPSA) is 43.8 Å². The Balaban J connectivity index is 2.22. The summed E-state index contributed by atoms with van der Waals surface area (Å²) in [6.07, 6.45) is 2.32. The fourth-order valence-electron chi connectivity index (χ4n) is 2.55.